The van der Waals surface area contributed by atoms with Crippen LogP contribution in [0.15, 0.2) is 67.0 Å². The zero-order valence-corrected chi connectivity index (χ0v) is 15.7. The van der Waals surface area contributed by atoms with Crippen LogP contribution in [-0.4, -0.2) is 14.3 Å². The van der Waals surface area contributed by atoms with Gasteiger partial charge in [0, 0.05) is 30.1 Å². The summed E-state index contributed by atoms with van der Waals surface area (Å²) < 4.78 is 2.04. The van der Waals surface area contributed by atoms with E-state index in [9.17, 15) is 10.1 Å². The van der Waals surface area contributed by atoms with Gasteiger partial charge < -0.3 is 4.40 Å². The van der Waals surface area contributed by atoms with Crippen molar-refractivity contribution in [3.8, 4) is 11.3 Å². The summed E-state index contributed by atoms with van der Waals surface area (Å²) in [5.74, 6) is 0. The highest BCUT2D eigenvalue weighted by Gasteiger charge is 2.07. The number of hydrogen-bond donors (Lipinski definition) is 0. The molecule has 4 aromatic rings. The molecule has 0 atom stereocenters. The summed E-state index contributed by atoms with van der Waals surface area (Å²) in [4.78, 5) is 15.1. The quantitative estimate of drug-likeness (QED) is 0.263. The standard InChI is InChI=1S/C23H19N3O2/c1-16-3-12-23-24-22(15-25(23)14-16)20-8-5-18(6-9-20)4-7-19-10-11-21(26(27)28)13-17(19)2/h3-15H,1-2H3/b7-4+. The van der Waals surface area contributed by atoms with E-state index in [-0.39, 0.29) is 10.6 Å². The molecule has 0 aliphatic rings. The summed E-state index contributed by atoms with van der Waals surface area (Å²) in [6, 6.07) is 17.2. The molecular weight excluding hydrogens is 350 g/mol. The van der Waals surface area contributed by atoms with Gasteiger partial charge in [-0.25, -0.2) is 4.98 Å². The third kappa shape index (κ3) is 3.55. The number of non-ortho nitro benzene ring substituents is 1. The highest BCUT2D eigenvalue weighted by atomic mass is 16.6. The Bertz CT molecular complexity index is 1200. The van der Waals surface area contributed by atoms with E-state index in [1.165, 1.54) is 11.6 Å². The predicted molar refractivity (Wildman–Crippen MR) is 112 cm³/mol. The van der Waals surface area contributed by atoms with Crippen LogP contribution in [0.2, 0.25) is 0 Å². The van der Waals surface area contributed by atoms with Gasteiger partial charge in [0.1, 0.15) is 5.65 Å². The first-order chi connectivity index (χ1) is 13.5. The maximum Gasteiger partial charge on any atom is 0.269 e. The molecule has 5 heteroatoms. The van der Waals surface area contributed by atoms with Crippen molar-refractivity contribution in [3.63, 3.8) is 0 Å². The number of nitro benzene ring substituents is 1. The molecule has 28 heavy (non-hydrogen) atoms. The first-order valence-corrected chi connectivity index (χ1v) is 8.98. The van der Waals surface area contributed by atoms with Gasteiger partial charge in [-0.2, -0.15) is 0 Å². The molecule has 0 radical (unpaired) electrons. The second-order valence-electron chi connectivity index (χ2n) is 6.85. The van der Waals surface area contributed by atoms with Gasteiger partial charge in [-0.1, -0.05) is 42.5 Å². The molecule has 0 aliphatic carbocycles. The van der Waals surface area contributed by atoms with Crippen LogP contribution in [0.4, 0.5) is 5.69 Å². The monoisotopic (exact) mass is 369 g/mol. The van der Waals surface area contributed by atoms with Crippen LogP contribution < -0.4 is 0 Å². The van der Waals surface area contributed by atoms with E-state index in [1.54, 1.807) is 12.1 Å². The minimum atomic E-state index is -0.375. The SMILES string of the molecule is Cc1ccc2nc(-c3ccc(/C=C/c4ccc([N+](=O)[O-])cc4C)cc3)cn2c1. The molecule has 2 aromatic heterocycles. The fourth-order valence-corrected chi connectivity index (χ4v) is 3.15. The average Bonchev–Trinajstić information content (AvgIpc) is 3.10. The average molecular weight is 369 g/mol. The van der Waals surface area contributed by atoms with Gasteiger partial charge in [-0.05, 0) is 48.2 Å². The lowest BCUT2D eigenvalue weighted by molar-refractivity contribution is -0.384. The predicted octanol–water partition coefficient (Wildman–Crippen LogP) is 5.70. The lowest BCUT2D eigenvalue weighted by Gasteiger charge is -2.01. The highest BCUT2D eigenvalue weighted by Crippen LogP contribution is 2.22. The molecule has 2 heterocycles. The molecular formula is C23H19N3O2. The van der Waals surface area contributed by atoms with Gasteiger partial charge in [0.05, 0.1) is 10.6 Å². The second-order valence-corrected chi connectivity index (χ2v) is 6.85. The molecule has 0 unspecified atom stereocenters. The van der Waals surface area contributed by atoms with Gasteiger partial charge in [-0.3, -0.25) is 10.1 Å². The first kappa shape index (κ1) is 17.7. The third-order valence-electron chi connectivity index (χ3n) is 4.72. The topological polar surface area (TPSA) is 60.4 Å². The molecule has 0 spiro atoms. The van der Waals surface area contributed by atoms with Crippen molar-refractivity contribution >= 4 is 23.5 Å². The fraction of sp³-hybridized carbons (Fsp3) is 0.0870. The molecule has 5 nitrogen and oxygen atoms in total. The number of benzene rings is 2. The molecule has 0 fully saturated rings. The maximum atomic E-state index is 10.8. The van der Waals surface area contributed by atoms with Crippen LogP contribution in [0.5, 0.6) is 0 Å². The number of fused-ring (bicyclic) bond motifs is 1. The zero-order valence-electron chi connectivity index (χ0n) is 15.7. The smallest absolute Gasteiger partial charge is 0.269 e. The summed E-state index contributed by atoms with van der Waals surface area (Å²) in [5, 5.41) is 10.8. The van der Waals surface area contributed by atoms with Crippen LogP contribution in [0.25, 0.3) is 29.1 Å². The minimum absolute atomic E-state index is 0.113. The largest absolute Gasteiger partial charge is 0.306 e. The molecule has 2 aromatic carbocycles. The van der Waals surface area contributed by atoms with E-state index in [0.717, 1.165) is 33.6 Å². The maximum absolute atomic E-state index is 10.8. The number of nitro groups is 1. The number of nitrogens with zero attached hydrogens (tertiary/aromatic N) is 3. The number of hydrogen-bond acceptors (Lipinski definition) is 3. The van der Waals surface area contributed by atoms with E-state index in [4.69, 9.17) is 0 Å². The Morgan fingerprint density at radius 3 is 2.46 bits per heavy atom. The lowest BCUT2D eigenvalue weighted by Crippen LogP contribution is -1.89. The van der Waals surface area contributed by atoms with Crippen molar-refractivity contribution in [1.29, 1.82) is 0 Å². The van der Waals surface area contributed by atoms with Crippen LogP contribution in [0.3, 0.4) is 0 Å². The Balaban J connectivity index is 1.56. The van der Waals surface area contributed by atoms with Crippen molar-refractivity contribution in [2.24, 2.45) is 0 Å². The number of aromatic nitrogens is 2. The Morgan fingerprint density at radius 2 is 1.75 bits per heavy atom. The number of rotatable bonds is 4. The Morgan fingerprint density at radius 1 is 0.964 bits per heavy atom. The molecule has 0 amide bonds. The van der Waals surface area contributed by atoms with Crippen LogP contribution in [-0.2, 0) is 0 Å². The fourth-order valence-electron chi connectivity index (χ4n) is 3.15. The summed E-state index contributed by atoms with van der Waals surface area (Å²) in [6.07, 6.45) is 8.08. The third-order valence-corrected chi connectivity index (χ3v) is 4.72. The molecule has 4 rings (SSSR count). The van der Waals surface area contributed by atoms with Gasteiger partial charge in [0.2, 0.25) is 0 Å². The molecule has 0 N–H and O–H groups in total. The van der Waals surface area contributed by atoms with Gasteiger partial charge in [-0.15, -0.1) is 0 Å². The lowest BCUT2D eigenvalue weighted by atomic mass is 10.0. The van der Waals surface area contributed by atoms with Crippen molar-refractivity contribution in [1.82, 2.24) is 9.38 Å². The molecule has 138 valence electrons. The minimum Gasteiger partial charge on any atom is -0.306 e. The van der Waals surface area contributed by atoms with Crippen molar-refractivity contribution in [3.05, 3.63) is 99.4 Å². The molecule has 0 saturated carbocycles. The highest BCUT2D eigenvalue weighted by molar-refractivity contribution is 5.73. The first-order valence-electron chi connectivity index (χ1n) is 8.98. The normalized spacial score (nSPS) is 11.4. The molecule has 0 aliphatic heterocycles. The van der Waals surface area contributed by atoms with Crippen molar-refractivity contribution in [2.75, 3.05) is 0 Å². The van der Waals surface area contributed by atoms with Gasteiger partial charge in [0.15, 0.2) is 0 Å². The van der Waals surface area contributed by atoms with Crippen LogP contribution in [0, 0.1) is 24.0 Å². The summed E-state index contributed by atoms with van der Waals surface area (Å²) in [6.45, 7) is 3.94. The number of imidazole rings is 1. The summed E-state index contributed by atoms with van der Waals surface area (Å²) in [7, 11) is 0. The zero-order chi connectivity index (χ0) is 19.7. The van der Waals surface area contributed by atoms with E-state index >= 15 is 0 Å². The Labute approximate surface area is 162 Å². The summed E-state index contributed by atoms with van der Waals surface area (Å²) >= 11 is 0. The van der Waals surface area contributed by atoms with E-state index in [1.807, 2.05) is 47.9 Å². The van der Waals surface area contributed by atoms with E-state index < -0.39 is 0 Å². The Kier molecular flexibility index (Phi) is 4.49. The van der Waals surface area contributed by atoms with Gasteiger partial charge >= 0.3 is 0 Å². The van der Waals surface area contributed by atoms with Crippen LogP contribution >= 0.6 is 0 Å². The molecule has 0 saturated heterocycles. The van der Waals surface area contributed by atoms with Gasteiger partial charge in [0.25, 0.3) is 5.69 Å². The van der Waals surface area contributed by atoms with Crippen molar-refractivity contribution in [2.45, 2.75) is 13.8 Å². The number of pyridine rings is 1. The Hall–Kier alpha value is -3.73. The van der Waals surface area contributed by atoms with E-state index in [0.29, 0.717) is 0 Å². The van der Waals surface area contributed by atoms with Crippen LogP contribution in [0.1, 0.15) is 22.3 Å². The summed E-state index contributed by atoms with van der Waals surface area (Å²) in [5.41, 5.74) is 7.13. The molecule has 0 bridgehead atoms. The van der Waals surface area contributed by atoms with Crippen molar-refractivity contribution < 1.29 is 4.92 Å². The number of aryl methyl sites for hydroxylation is 2. The second kappa shape index (κ2) is 7.12. The van der Waals surface area contributed by atoms with E-state index in [2.05, 4.69) is 36.3 Å².